The number of furan rings is 1. The van der Waals surface area contributed by atoms with Gasteiger partial charge in [-0.3, -0.25) is 4.57 Å². The van der Waals surface area contributed by atoms with Gasteiger partial charge < -0.3 is 18.9 Å². The van der Waals surface area contributed by atoms with Gasteiger partial charge in [0.05, 0.1) is 17.7 Å². The average Bonchev–Trinajstić information content (AvgIpc) is 3.04. The van der Waals surface area contributed by atoms with Crippen LogP contribution >= 0.6 is 0 Å². The Labute approximate surface area is 120 Å². The Kier molecular flexibility index (Phi) is 3.53. The van der Waals surface area contributed by atoms with Crippen molar-refractivity contribution in [3.05, 3.63) is 52.4 Å². The lowest BCUT2D eigenvalue weighted by molar-refractivity contribution is 0.163. The number of fused-ring (bicyclic) bond motifs is 1. The number of hydrogen-bond acceptors (Lipinski definition) is 5. The first-order chi connectivity index (χ1) is 10.2. The van der Waals surface area contributed by atoms with Crippen LogP contribution in [0.4, 0.5) is 5.69 Å². The first-order valence-corrected chi connectivity index (χ1v) is 6.58. The molecular weight excluding hydrogens is 272 g/mol. The van der Waals surface area contributed by atoms with Gasteiger partial charge in [0.25, 0.3) is 0 Å². The second kappa shape index (κ2) is 5.49. The number of aromatic nitrogens is 1. The number of rotatable bonds is 5. The molecule has 1 N–H and O–H groups in total. The van der Waals surface area contributed by atoms with Crippen molar-refractivity contribution in [1.82, 2.24) is 4.57 Å². The third kappa shape index (κ3) is 2.57. The lowest BCUT2D eigenvalue weighted by Gasteiger charge is -2.04. The molecule has 6 heteroatoms. The van der Waals surface area contributed by atoms with Crippen LogP contribution in [0.3, 0.4) is 0 Å². The Morgan fingerprint density at radius 1 is 1.19 bits per heavy atom. The predicted octanol–water partition coefficient (Wildman–Crippen LogP) is 2.48. The fourth-order valence-electron chi connectivity index (χ4n) is 2.21. The van der Waals surface area contributed by atoms with Gasteiger partial charge in [-0.1, -0.05) is 6.07 Å². The first-order valence-electron chi connectivity index (χ1n) is 6.58. The monoisotopic (exact) mass is 288 g/mol. The molecule has 0 aliphatic heterocycles. The number of aryl methyl sites for hydroxylation is 1. The molecule has 0 saturated heterocycles. The normalized spacial score (nSPS) is 11.1. The van der Waals surface area contributed by atoms with Gasteiger partial charge in [0.2, 0.25) is 0 Å². The van der Waals surface area contributed by atoms with E-state index in [1.54, 1.807) is 14.2 Å². The smallest absolute Gasteiger partial charge is 0.419 e. The molecular formula is C15H16N2O4. The molecule has 3 rings (SSSR count). The number of hydrogen-bond donors (Lipinski definition) is 1. The van der Waals surface area contributed by atoms with E-state index in [9.17, 15) is 4.79 Å². The predicted molar refractivity (Wildman–Crippen MR) is 78.2 cm³/mol. The first kappa shape index (κ1) is 13.5. The zero-order valence-electron chi connectivity index (χ0n) is 11.9. The summed E-state index contributed by atoms with van der Waals surface area (Å²) in [5.41, 5.74) is 2.06. The molecule has 0 aliphatic carbocycles. The van der Waals surface area contributed by atoms with E-state index in [0.717, 1.165) is 22.7 Å². The zero-order chi connectivity index (χ0) is 14.8. The fraction of sp³-hybridized carbons (Fsp3) is 0.267. The minimum absolute atomic E-state index is 0.375. The molecule has 0 atom stereocenters. The Hall–Kier alpha value is -2.47. The number of benzene rings is 1. The molecule has 2 heterocycles. The Morgan fingerprint density at radius 3 is 2.81 bits per heavy atom. The van der Waals surface area contributed by atoms with Crippen LogP contribution in [0.25, 0.3) is 11.1 Å². The highest BCUT2D eigenvalue weighted by molar-refractivity contribution is 5.86. The lowest BCUT2D eigenvalue weighted by atomic mass is 10.2. The molecule has 0 fully saturated rings. The minimum Gasteiger partial charge on any atom is -0.462 e. The summed E-state index contributed by atoms with van der Waals surface area (Å²) >= 11 is 0. The van der Waals surface area contributed by atoms with Gasteiger partial charge in [-0.15, -0.1) is 0 Å². The van der Waals surface area contributed by atoms with E-state index in [4.69, 9.17) is 13.6 Å². The van der Waals surface area contributed by atoms with Crippen LogP contribution < -0.4 is 11.1 Å². The summed E-state index contributed by atoms with van der Waals surface area (Å²) in [6.07, 6.45) is 0. The Bertz CT molecular complexity index is 813. The van der Waals surface area contributed by atoms with Crippen molar-refractivity contribution in [2.24, 2.45) is 7.05 Å². The average molecular weight is 288 g/mol. The van der Waals surface area contributed by atoms with Gasteiger partial charge in [-0.05, 0) is 24.3 Å². The van der Waals surface area contributed by atoms with Crippen molar-refractivity contribution < 1.29 is 13.6 Å². The van der Waals surface area contributed by atoms with Gasteiger partial charge in [-0.25, -0.2) is 4.79 Å². The van der Waals surface area contributed by atoms with Crippen molar-refractivity contribution in [3.8, 4) is 0 Å². The summed E-state index contributed by atoms with van der Waals surface area (Å²) in [5, 5.41) is 3.22. The molecule has 1 aromatic carbocycles. The van der Waals surface area contributed by atoms with Gasteiger partial charge in [0.1, 0.15) is 18.1 Å². The highest BCUT2D eigenvalue weighted by Gasteiger charge is 2.10. The number of para-hydroxylation sites is 1. The fourth-order valence-corrected chi connectivity index (χ4v) is 2.21. The van der Waals surface area contributed by atoms with Gasteiger partial charge in [0, 0.05) is 14.2 Å². The SMILES string of the molecule is COCc1ccc(CNc2cccc3c2oc(=O)n3C)o1. The minimum atomic E-state index is -0.375. The van der Waals surface area contributed by atoms with Crippen molar-refractivity contribution in [2.75, 3.05) is 12.4 Å². The third-order valence-corrected chi connectivity index (χ3v) is 3.28. The number of oxazole rings is 1. The van der Waals surface area contributed by atoms with E-state index in [2.05, 4.69) is 5.32 Å². The van der Waals surface area contributed by atoms with Crippen LogP contribution in [0.2, 0.25) is 0 Å². The second-order valence-electron chi connectivity index (χ2n) is 4.74. The van der Waals surface area contributed by atoms with Gasteiger partial charge >= 0.3 is 5.76 Å². The topological polar surface area (TPSA) is 69.5 Å². The van der Waals surface area contributed by atoms with Crippen molar-refractivity contribution in [2.45, 2.75) is 13.2 Å². The number of nitrogens with one attached hydrogen (secondary N) is 1. The van der Waals surface area contributed by atoms with E-state index >= 15 is 0 Å². The number of ether oxygens (including phenoxy) is 1. The summed E-state index contributed by atoms with van der Waals surface area (Å²) in [6, 6.07) is 9.35. The van der Waals surface area contributed by atoms with Crippen LogP contribution in [-0.2, 0) is 24.9 Å². The number of methoxy groups -OCH3 is 1. The van der Waals surface area contributed by atoms with Crippen molar-refractivity contribution in [3.63, 3.8) is 0 Å². The highest BCUT2D eigenvalue weighted by atomic mass is 16.5. The molecule has 0 saturated carbocycles. The van der Waals surface area contributed by atoms with Crippen LogP contribution in [0, 0.1) is 0 Å². The summed E-state index contributed by atoms with van der Waals surface area (Å²) < 4.78 is 17.3. The standard InChI is InChI=1S/C15H16N2O4/c1-17-13-5-3-4-12(14(13)21-15(17)18)16-8-10-6-7-11(20-10)9-19-2/h3-7,16H,8-9H2,1-2H3. The molecule has 6 nitrogen and oxygen atoms in total. The van der Waals surface area contributed by atoms with E-state index < -0.39 is 0 Å². The summed E-state index contributed by atoms with van der Waals surface area (Å²) in [5.74, 6) is 1.19. The third-order valence-electron chi connectivity index (χ3n) is 3.28. The molecule has 0 spiro atoms. The van der Waals surface area contributed by atoms with E-state index in [1.807, 2.05) is 30.3 Å². The zero-order valence-corrected chi connectivity index (χ0v) is 11.9. The van der Waals surface area contributed by atoms with Crippen LogP contribution in [0.15, 0.2) is 44.0 Å². The van der Waals surface area contributed by atoms with Crippen molar-refractivity contribution >= 4 is 16.8 Å². The molecule has 0 aliphatic rings. The number of anilines is 1. The molecule has 0 radical (unpaired) electrons. The second-order valence-corrected chi connectivity index (χ2v) is 4.74. The molecule has 0 unspecified atom stereocenters. The molecule has 3 aromatic rings. The molecule has 2 aromatic heterocycles. The van der Waals surface area contributed by atoms with E-state index in [0.29, 0.717) is 18.7 Å². The maximum Gasteiger partial charge on any atom is 0.419 e. The van der Waals surface area contributed by atoms with Crippen LogP contribution in [0.1, 0.15) is 11.5 Å². The molecule has 0 bridgehead atoms. The van der Waals surface area contributed by atoms with Gasteiger partial charge in [0.15, 0.2) is 5.58 Å². The molecule has 110 valence electrons. The van der Waals surface area contributed by atoms with E-state index in [1.165, 1.54) is 4.57 Å². The van der Waals surface area contributed by atoms with E-state index in [-0.39, 0.29) is 5.76 Å². The summed E-state index contributed by atoms with van der Waals surface area (Å²) in [7, 11) is 3.31. The molecule has 0 amide bonds. The van der Waals surface area contributed by atoms with Crippen molar-refractivity contribution in [1.29, 1.82) is 0 Å². The highest BCUT2D eigenvalue weighted by Crippen LogP contribution is 2.22. The number of nitrogens with zero attached hydrogens (tertiary/aromatic N) is 1. The maximum absolute atomic E-state index is 11.6. The van der Waals surface area contributed by atoms with Gasteiger partial charge in [-0.2, -0.15) is 0 Å². The van der Waals surface area contributed by atoms with Crippen LogP contribution in [0.5, 0.6) is 0 Å². The quantitative estimate of drug-likeness (QED) is 0.781. The Morgan fingerprint density at radius 2 is 2.00 bits per heavy atom. The molecule has 21 heavy (non-hydrogen) atoms. The lowest BCUT2D eigenvalue weighted by Crippen LogP contribution is -2.08. The van der Waals surface area contributed by atoms with Crippen LogP contribution in [-0.4, -0.2) is 11.7 Å². The largest absolute Gasteiger partial charge is 0.462 e. The Balaban J connectivity index is 1.81. The summed E-state index contributed by atoms with van der Waals surface area (Å²) in [4.78, 5) is 11.6. The summed E-state index contributed by atoms with van der Waals surface area (Å²) in [6.45, 7) is 0.949. The maximum atomic E-state index is 11.6.